The van der Waals surface area contributed by atoms with Crippen LogP contribution in [0, 0.1) is 59.2 Å². The van der Waals surface area contributed by atoms with Crippen molar-refractivity contribution in [3.8, 4) is 23.0 Å². The Kier molecular flexibility index (Phi) is 27.0. The summed E-state index contributed by atoms with van der Waals surface area (Å²) in [6.07, 6.45) is 18.0. The Morgan fingerprint density at radius 1 is 0.367 bits per heavy atom. The number of allylic oxidation sites excluding steroid dienone is 2. The molecule has 2 aromatic carbocycles. The molecular formula is C70H88O20. The fourth-order valence-electron chi connectivity index (χ4n) is 13.2. The van der Waals surface area contributed by atoms with Crippen LogP contribution < -0.4 is 18.9 Å². The molecule has 0 bridgehead atoms. The van der Waals surface area contributed by atoms with Crippen LogP contribution in [0.2, 0.25) is 0 Å². The average molecular weight is 1250 g/mol. The molecule has 488 valence electrons. The lowest BCUT2D eigenvalue weighted by Gasteiger charge is -2.36. The van der Waals surface area contributed by atoms with Gasteiger partial charge in [0.2, 0.25) is 0 Å². The number of benzene rings is 2. The molecule has 0 N–H and O–H groups in total. The molecule has 0 unspecified atom stereocenters. The number of esters is 10. The van der Waals surface area contributed by atoms with Gasteiger partial charge in [-0.1, -0.05) is 26.3 Å². The van der Waals surface area contributed by atoms with Crippen molar-refractivity contribution < 1.29 is 95.3 Å². The third-order valence-electron chi connectivity index (χ3n) is 18.3. The number of hydrogen-bond donors (Lipinski definition) is 0. The van der Waals surface area contributed by atoms with Gasteiger partial charge in [-0.05, 0) is 228 Å². The highest BCUT2D eigenvalue weighted by atomic mass is 16.6. The minimum Gasteiger partial charge on any atom is -0.465 e. The van der Waals surface area contributed by atoms with Crippen molar-refractivity contribution in [1.82, 2.24) is 0 Å². The summed E-state index contributed by atoms with van der Waals surface area (Å²) in [5.41, 5.74) is -0.264. The third-order valence-corrected chi connectivity index (χ3v) is 18.3. The molecule has 0 aliphatic heterocycles. The number of carbonyl (C=O) groups is 10. The molecule has 90 heavy (non-hydrogen) atoms. The van der Waals surface area contributed by atoms with Gasteiger partial charge in [-0.15, -0.1) is 0 Å². The van der Waals surface area contributed by atoms with Gasteiger partial charge in [-0.3, -0.25) is 28.8 Å². The summed E-state index contributed by atoms with van der Waals surface area (Å²) in [5, 5.41) is 0. The highest BCUT2D eigenvalue weighted by Crippen LogP contribution is 2.44. The molecule has 0 saturated heterocycles. The van der Waals surface area contributed by atoms with Crippen molar-refractivity contribution in [3.63, 3.8) is 0 Å². The standard InChI is InChI=1S/C70H88O20/c1-7-61(71)81-37-9-11-39-83-63(73)49-21-13-45(14-22-49)47-17-25-53(26-18-47)67(77)89-59-35-33-55(41-57(59)69(79)85-43(3)4)87-65(75)51-29-31-52(32-30-51)66(76)88-56-34-36-60(58(42-56)70(80)86-44(5)6)90-68(78)54-27-19-48(20-28-54)46-15-23-50(24-16-46)64(74)84-40-12-10-38-82-62(72)8-2/h7-8,33-36,41-42,45-54H,1-3,5,9-32,37-40H2,4,6H3. The maximum absolute atomic E-state index is 13.6. The monoisotopic (exact) mass is 1250 g/mol. The van der Waals surface area contributed by atoms with E-state index in [9.17, 15) is 47.9 Å². The number of ether oxygens (including phenoxy) is 10. The summed E-state index contributed by atoms with van der Waals surface area (Å²) in [5.74, 6) is -5.62. The van der Waals surface area contributed by atoms with Crippen LogP contribution in [0.3, 0.4) is 0 Å². The summed E-state index contributed by atoms with van der Waals surface area (Å²) in [7, 11) is 0. The minimum absolute atomic E-state index is 0.0220. The fraction of sp³-hybridized carbons (Fsp3) is 0.571. The van der Waals surface area contributed by atoms with Gasteiger partial charge in [0.05, 0.1) is 73.5 Å². The van der Waals surface area contributed by atoms with E-state index in [1.54, 1.807) is 0 Å². The smallest absolute Gasteiger partial charge is 0.347 e. The van der Waals surface area contributed by atoms with Gasteiger partial charge in [0, 0.05) is 12.2 Å². The first kappa shape index (κ1) is 69.6. The predicted molar refractivity (Wildman–Crippen MR) is 326 cm³/mol. The molecular weight excluding hydrogens is 1160 g/mol. The van der Waals surface area contributed by atoms with E-state index < -0.39 is 71.4 Å². The van der Waals surface area contributed by atoms with Crippen LogP contribution in [0.4, 0.5) is 0 Å². The Hall–Kier alpha value is -7.90. The van der Waals surface area contributed by atoms with Crippen molar-refractivity contribution in [1.29, 1.82) is 0 Å². The molecule has 5 saturated carbocycles. The predicted octanol–water partition coefficient (Wildman–Crippen LogP) is 12.5. The van der Waals surface area contributed by atoms with Gasteiger partial charge in [0.25, 0.3) is 0 Å². The molecule has 5 aliphatic carbocycles. The van der Waals surface area contributed by atoms with Crippen LogP contribution in [0.25, 0.3) is 0 Å². The van der Waals surface area contributed by atoms with Crippen LogP contribution in [-0.2, 0) is 66.8 Å². The number of unbranched alkanes of at least 4 members (excludes halogenated alkanes) is 2. The lowest BCUT2D eigenvalue weighted by Crippen LogP contribution is -2.32. The Bertz CT molecular complexity index is 2720. The Labute approximate surface area is 527 Å². The van der Waals surface area contributed by atoms with E-state index in [1.807, 2.05) is 0 Å². The summed E-state index contributed by atoms with van der Waals surface area (Å²) in [4.78, 5) is 129. The molecule has 5 fully saturated rings. The van der Waals surface area contributed by atoms with Crippen molar-refractivity contribution in [2.24, 2.45) is 59.2 Å². The lowest BCUT2D eigenvalue weighted by molar-refractivity contribution is -0.151. The molecule has 2 aromatic rings. The number of carbonyl (C=O) groups excluding carboxylic acids is 10. The second kappa shape index (κ2) is 34.9. The van der Waals surface area contributed by atoms with Gasteiger partial charge in [0.1, 0.15) is 34.1 Å². The van der Waals surface area contributed by atoms with Crippen molar-refractivity contribution in [3.05, 3.63) is 97.5 Å². The van der Waals surface area contributed by atoms with Crippen molar-refractivity contribution in [2.75, 3.05) is 26.4 Å². The van der Waals surface area contributed by atoms with Gasteiger partial charge in [0.15, 0.2) is 0 Å². The molecule has 20 heteroatoms. The van der Waals surface area contributed by atoms with E-state index in [2.05, 4.69) is 26.3 Å². The number of rotatable bonds is 28. The molecule has 5 aliphatic rings. The molecule has 0 radical (unpaired) electrons. The van der Waals surface area contributed by atoms with Crippen LogP contribution >= 0.6 is 0 Å². The third kappa shape index (κ3) is 21.1. The van der Waals surface area contributed by atoms with Crippen molar-refractivity contribution in [2.45, 2.75) is 168 Å². The zero-order chi connectivity index (χ0) is 64.7. The molecule has 7 rings (SSSR count). The lowest BCUT2D eigenvalue weighted by atomic mass is 9.69. The summed E-state index contributed by atoms with van der Waals surface area (Å²) in [6, 6.07) is 8.23. The van der Waals surface area contributed by atoms with Gasteiger partial charge in [-0.25, -0.2) is 19.2 Å². The second-order valence-electron chi connectivity index (χ2n) is 24.7. The van der Waals surface area contributed by atoms with Gasteiger partial charge < -0.3 is 47.4 Å². The minimum atomic E-state index is -0.854. The van der Waals surface area contributed by atoms with E-state index in [1.165, 1.54) is 50.2 Å². The normalized spacial score (nSPS) is 24.0. The summed E-state index contributed by atoms with van der Waals surface area (Å²) in [6.45, 7) is 18.1. The van der Waals surface area contributed by atoms with Crippen LogP contribution in [-0.4, -0.2) is 86.1 Å². The molecule has 0 aromatic heterocycles. The molecule has 0 spiro atoms. The SMILES string of the molecule is C=CC(=O)OCCCCOC(=O)C1CCC(C2CCC(C(=O)Oc3ccc(OC(=O)C4CCC(C(=O)Oc5ccc(OC(=O)C6CCC(C7CCC(C(=O)OCCCCOC(=O)C=C)CC7)CC6)c(C(=O)OC(=C)C)c5)CC4)cc3C(=O)OC(=C)C)CC2)CC1. The maximum Gasteiger partial charge on any atom is 0.347 e. The fourth-order valence-corrected chi connectivity index (χ4v) is 13.2. The summed E-state index contributed by atoms with van der Waals surface area (Å²) < 4.78 is 54.8. The van der Waals surface area contributed by atoms with Gasteiger partial charge in [-0.2, -0.15) is 0 Å². The zero-order valence-electron chi connectivity index (χ0n) is 52.2. The number of hydrogen-bond acceptors (Lipinski definition) is 20. The van der Waals surface area contributed by atoms with E-state index in [0.29, 0.717) is 75.0 Å². The van der Waals surface area contributed by atoms with Gasteiger partial charge >= 0.3 is 59.7 Å². The Morgan fingerprint density at radius 3 is 0.900 bits per heavy atom. The summed E-state index contributed by atoms with van der Waals surface area (Å²) >= 11 is 0. The molecule has 0 atom stereocenters. The highest BCUT2D eigenvalue weighted by molar-refractivity contribution is 5.96. The van der Waals surface area contributed by atoms with Crippen LogP contribution in [0.15, 0.2) is 86.4 Å². The van der Waals surface area contributed by atoms with Crippen LogP contribution in [0.1, 0.15) is 189 Å². The first-order chi connectivity index (χ1) is 43.3. The first-order valence-electron chi connectivity index (χ1n) is 32.1. The molecule has 0 heterocycles. The van der Waals surface area contributed by atoms with E-state index in [-0.39, 0.29) is 122 Å². The highest BCUT2D eigenvalue weighted by Gasteiger charge is 2.39. The van der Waals surface area contributed by atoms with Crippen LogP contribution in [0.5, 0.6) is 23.0 Å². The molecule has 20 nitrogen and oxygen atoms in total. The Morgan fingerprint density at radius 2 is 0.622 bits per heavy atom. The maximum atomic E-state index is 13.6. The second-order valence-corrected chi connectivity index (χ2v) is 24.7. The van der Waals surface area contributed by atoms with E-state index in [4.69, 9.17) is 47.4 Å². The quantitative estimate of drug-likeness (QED) is 0.0191. The largest absolute Gasteiger partial charge is 0.465 e. The van der Waals surface area contributed by atoms with E-state index in [0.717, 1.165) is 89.2 Å². The zero-order valence-corrected chi connectivity index (χ0v) is 52.2. The average Bonchev–Trinajstić information content (AvgIpc) is 1.47. The topological polar surface area (TPSA) is 263 Å². The van der Waals surface area contributed by atoms with E-state index >= 15 is 0 Å². The Balaban J connectivity index is 0.834. The first-order valence-corrected chi connectivity index (χ1v) is 32.1. The molecule has 0 amide bonds. The van der Waals surface area contributed by atoms with Crippen molar-refractivity contribution >= 4 is 59.7 Å².